The fraction of sp³-hybridized carbons (Fsp3) is 0.310. The molecule has 0 radical (unpaired) electrons. The molecule has 0 N–H and O–H groups in total. The van der Waals surface area contributed by atoms with E-state index in [1.54, 1.807) is 36.4 Å². The molecule has 0 spiro atoms. The van der Waals surface area contributed by atoms with Gasteiger partial charge in [0, 0.05) is 48.3 Å². The third-order valence-electron chi connectivity index (χ3n) is 6.94. The summed E-state index contributed by atoms with van der Waals surface area (Å²) in [4.78, 5) is 26.3. The topological polar surface area (TPSA) is 96.0 Å². The van der Waals surface area contributed by atoms with Crippen LogP contribution in [-0.2, 0) is 30.9 Å². The minimum absolute atomic E-state index is 0.0142. The summed E-state index contributed by atoms with van der Waals surface area (Å²) in [5, 5.41) is 0. The SMILES string of the molecule is C=CCc1cc(C2C3=C(CCCC3=O)OC3=C2C(=O)CCC3)cc(OC)c1OS(=O)(=O)c1ccccc1. The van der Waals surface area contributed by atoms with E-state index < -0.39 is 16.0 Å². The zero-order valence-corrected chi connectivity index (χ0v) is 21.4. The van der Waals surface area contributed by atoms with Gasteiger partial charge in [-0.3, -0.25) is 9.59 Å². The predicted octanol–water partition coefficient (Wildman–Crippen LogP) is 5.32. The number of allylic oxidation sites excluding steroid dienone is 5. The molecule has 0 saturated carbocycles. The summed E-state index contributed by atoms with van der Waals surface area (Å²) in [5.41, 5.74) is 2.20. The van der Waals surface area contributed by atoms with E-state index in [0.717, 1.165) is 0 Å². The Bertz CT molecular complexity index is 1410. The first-order valence-electron chi connectivity index (χ1n) is 12.4. The molecule has 1 aliphatic heterocycles. The fourth-order valence-electron chi connectivity index (χ4n) is 5.30. The van der Waals surface area contributed by atoms with E-state index in [0.29, 0.717) is 72.3 Å². The molecule has 0 unspecified atom stereocenters. The van der Waals surface area contributed by atoms with Crippen LogP contribution in [0.15, 0.2) is 82.7 Å². The van der Waals surface area contributed by atoms with E-state index in [-0.39, 0.29) is 34.4 Å². The van der Waals surface area contributed by atoms with Gasteiger partial charge in [0.25, 0.3) is 0 Å². The molecule has 0 saturated heterocycles. The fourth-order valence-corrected chi connectivity index (χ4v) is 6.29. The van der Waals surface area contributed by atoms with Crippen molar-refractivity contribution in [3.8, 4) is 11.5 Å². The number of hydrogen-bond donors (Lipinski definition) is 0. The molecule has 2 aromatic rings. The number of methoxy groups -OCH3 is 1. The lowest BCUT2D eigenvalue weighted by Gasteiger charge is -2.36. The van der Waals surface area contributed by atoms with E-state index in [1.165, 1.54) is 19.2 Å². The number of carbonyl (C=O) groups is 2. The number of benzene rings is 2. The van der Waals surface area contributed by atoms with Crippen molar-refractivity contribution in [1.29, 1.82) is 0 Å². The van der Waals surface area contributed by atoms with Crippen molar-refractivity contribution in [3.05, 3.63) is 88.9 Å². The minimum atomic E-state index is -4.14. The zero-order chi connectivity index (χ0) is 26.2. The molecule has 0 bridgehead atoms. The zero-order valence-electron chi connectivity index (χ0n) is 20.6. The van der Waals surface area contributed by atoms with Crippen molar-refractivity contribution in [2.24, 2.45) is 0 Å². The quantitative estimate of drug-likeness (QED) is 0.360. The molecule has 7 nitrogen and oxygen atoms in total. The molecule has 2 aliphatic carbocycles. The van der Waals surface area contributed by atoms with Crippen LogP contribution in [0.2, 0.25) is 0 Å². The van der Waals surface area contributed by atoms with Crippen molar-refractivity contribution in [2.75, 3.05) is 7.11 Å². The van der Waals surface area contributed by atoms with E-state index in [1.807, 2.05) is 0 Å². The first kappa shape index (κ1) is 25.0. The number of ketones is 2. The molecule has 0 atom stereocenters. The average molecular weight is 521 g/mol. The molecule has 2 aromatic carbocycles. The normalized spacial score (nSPS) is 18.2. The van der Waals surface area contributed by atoms with Gasteiger partial charge >= 0.3 is 10.1 Å². The van der Waals surface area contributed by atoms with Gasteiger partial charge in [-0.25, -0.2) is 0 Å². The van der Waals surface area contributed by atoms with E-state index >= 15 is 0 Å². The van der Waals surface area contributed by atoms with Gasteiger partial charge in [0.05, 0.1) is 7.11 Å². The van der Waals surface area contributed by atoms with Crippen LogP contribution >= 0.6 is 0 Å². The Kier molecular flexibility index (Phi) is 6.77. The van der Waals surface area contributed by atoms with Crippen LogP contribution in [0.5, 0.6) is 11.5 Å². The number of rotatable bonds is 7. The van der Waals surface area contributed by atoms with E-state index in [4.69, 9.17) is 13.7 Å². The summed E-state index contributed by atoms with van der Waals surface area (Å²) >= 11 is 0. The summed E-state index contributed by atoms with van der Waals surface area (Å²) < 4.78 is 43.4. The van der Waals surface area contributed by atoms with Gasteiger partial charge in [-0.15, -0.1) is 6.58 Å². The van der Waals surface area contributed by atoms with Crippen LogP contribution < -0.4 is 8.92 Å². The highest BCUT2D eigenvalue weighted by Gasteiger charge is 2.42. The molecule has 5 rings (SSSR count). The van der Waals surface area contributed by atoms with Crippen LogP contribution in [0.4, 0.5) is 0 Å². The molecule has 0 amide bonds. The summed E-state index contributed by atoms with van der Waals surface area (Å²) in [6.07, 6.45) is 5.38. The Hall–Kier alpha value is -3.65. The number of carbonyl (C=O) groups excluding carboxylic acids is 2. The highest BCUT2D eigenvalue weighted by molar-refractivity contribution is 7.87. The lowest BCUT2D eigenvalue weighted by Crippen LogP contribution is -2.30. The van der Waals surface area contributed by atoms with Crippen molar-refractivity contribution in [1.82, 2.24) is 0 Å². The molecular weight excluding hydrogens is 492 g/mol. The molecule has 37 heavy (non-hydrogen) atoms. The lowest BCUT2D eigenvalue weighted by atomic mass is 9.73. The molecule has 1 heterocycles. The van der Waals surface area contributed by atoms with Gasteiger partial charge in [0.15, 0.2) is 23.1 Å². The van der Waals surface area contributed by atoms with Crippen LogP contribution in [0.25, 0.3) is 0 Å². The first-order chi connectivity index (χ1) is 17.8. The van der Waals surface area contributed by atoms with Crippen LogP contribution in [-0.4, -0.2) is 27.1 Å². The smallest absolute Gasteiger partial charge is 0.339 e. The Labute approximate surface area is 216 Å². The van der Waals surface area contributed by atoms with Gasteiger partial charge in [0.2, 0.25) is 0 Å². The first-order valence-corrected chi connectivity index (χ1v) is 13.8. The largest absolute Gasteiger partial charge is 0.493 e. The van der Waals surface area contributed by atoms with Gasteiger partial charge < -0.3 is 13.7 Å². The Morgan fingerprint density at radius 1 is 0.973 bits per heavy atom. The summed E-state index contributed by atoms with van der Waals surface area (Å²) in [6.45, 7) is 3.81. The third-order valence-corrected chi connectivity index (χ3v) is 8.17. The van der Waals surface area contributed by atoms with Crippen LogP contribution in [0, 0.1) is 0 Å². The summed E-state index contributed by atoms with van der Waals surface area (Å²) in [7, 11) is -2.71. The maximum atomic E-state index is 13.1. The molecule has 3 aliphatic rings. The minimum Gasteiger partial charge on any atom is -0.493 e. The highest BCUT2D eigenvalue weighted by atomic mass is 32.2. The second-order valence-electron chi connectivity index (χ2n) is 9.32. The average Bonchev–Trinajstić information content (AvgIpc) is 2.89. The standard InChI is InChI=1S/C29H28O7S/c1-3-9-18-16-19(17-25(34-2)29(18)36-37(32,33)20-10-5-4-6-11-20)26-27-21(30)12-7-14-23(27)35-24-15-8-13-22(31)28(24)26/h3-6,10-11,16-17,26H,1,7-9,12-15H2,2H3. The van der Waals surface area contributed by atoms with Gasteiger partial charge in [-0.05, 0) is 43.0 Å². The maximum Gasteiger partial charge on any atom is 0.339 e. The lowest BCUT2D eigenvalue weighted by molar-refractivity contribution is -0.117. The molecule has 0 fully saturated rings. The third kappa shape index (κ3) is 4.62. The van der Waals surface area contributed by atoms with Crippen molar-refractivity contribution < 1.29 is 31.7 Å². The van der Waals surface area contributed by atoms with Crippen LogP contribution in [0.1, 0.15) is 55.6 Å². The van der Waals surface area contributed by atoms with Crippen LogP contribution in [0.3, 0.4) is 0 Å². The van der Waals surface area contributed by atoms with Crippen molar-refractivity contribution in [2.45, 2.75) is 55.8 Å². The second-order valence-corrected chi connectivity index (χ2v) is 10.9. The molecule has 0 aromatic heterocycles. The Morgan fingerprint density at radius 3 is 2.16 bits per heavy atom. The molecule has 8 heteroatoms. The van der Waals surface area contributed by atoms with Gasteiger partial charge in [-0.2, -0.15) is 8.42 Å². The number of hydrogen-bond acceptors (Lipinski definition) is 7. The Balaban J connectivity index is 1.67. The number of ether oxygens (including phenoxy) is 2. The van der Waals surface area contributed by atoms with E-state index in [2.05, 4.69) is 6.58 Å². The monoisotopic (exact) mass is 520 g/mol. The van der Waals surface area contributed by atoms with Crippen molar-refractivity contribution in [3.63, 3.8) is 0 Å². The number of Topliss-reactive ketones (excluding diaryl/α,β-unsaturated/α-hetero) is 2. The summed E-state index contributed by atoms with van der Waals surface area (Å²) in [5.74, 6) is 0.833. The molecule has 192 valence electrons. The second kappa shape index (κ2) is 10.0. The van der Waals surface area contributed by atoms with Crippen molar-refractivity contribution >= 4 is 21.7 Å². The highest BCUT2D eigenvalue weighted by Crippen LogP contribution is 2.49. The predicted molar refractivity (Wildman–Crippen MR) is 137 cm³/mol. The van der Waals surface area contributed by atoms with Gasteiger partial charge in [0.1, 0.15) is 16.4 Å². The summed E-state index contributed by atoms with van der Waals surface area (Å²) in [6, 6.07) is 11.3. The maximum absolute atomic E-state index is 13.1. The molecular formula is C29H28O7S. The Morgan fingerprint density at radius 2 is 1.59 bits per heavy atom. The van der Waals surface area contributed by atoms with E-state index in [9.17, 15) is 18.0 Å². The van der Waals surface area contributed by atoms with Gasteiger partial charge in [-0.1, -0.05) is 30.3 Å².